The lowest BCUT2D eigenvalue weighted by atomic mass is 10.4. The molecule has 0 rings (SSSR count). The third-order valence-corrected chi connectivity index (χ3v) is 1.70. The van der Waals surface area contributed by atoms with E-state index in [1.165, 1.54) is 0 Å². The molecule has 12 heavy (non-hydrogen) atoms. The number of hydrogen-bond acceptors (Lipinski definition) is 5. The van der Waals surface area contributed by atoms with Gasteiger partial charge in [0.05, 0.1) is 6.42 Å². The Kier molecular flexibility index (Phi) is 6.64. The van der Waals surface area contributed by atoms with Crippen molar-refractivity contribution in [3.63, 3.8) is 0 Å². The van der Waals surface area contributed by atoms with Crippen LogP contribution in [0.15, 0.2) is 0 Å². The molecule has 3 N–H and O–H groups in total. The molecule has 0 aliphatic carbocycles. The van der Waals surface area contributed by atoms with Crippen molar-refractivity contribution in [1.29, 1.82) is 0 Å². The summed E-state index contributed by atoms with van der Waals surface area (Å²) in [5.74, 6) is 4.46. The maximum Gasteiger partial charge on any atom is 0.327 e. The third kappa shape index (κ3) is 5.06. The zero-order valence-corrected chi connectivity index (χ0v) is 7.67. The molecule has 0 heterocycles. The first-order valence-corrected chi connectivity index (χ1v) is 4.12. The predicted octanol–water partition coefficient (Wildman–Crippen LogP) is -0.360. The van der Waals surface area contributed by atoms with Gasteiger partial charge in [-0.15, -0.1) is 0 Å². The minimum Gasteiger partial charge on any atom is -0.356 e. The number of carbonyl (C=O) groups is 1. The second kappa shape index (κ2) is 7.02. The molecular weight excluding hydrogens is 158 g/mol. The van der Waals surface area contributed by atoms with Gasteiger partial charge >= 0.3 is 5.97 Å². The lowest BCUT2D eigenvalue weighted by Crippen LogP contribution is -2.30. The van der Waals surface area contributed by atoms with Crippen LogP contribution in [0.1, 0.15) is 20.3 Å². The Morgan fingerprint density at radius 2 is 2.08 bits per heavy atom. The Bertz CT molecular complexity index is 126. The summed E-state index contributed by atoms with van der Waals surface area (Å²) in [4.78, 5) is 17.3. The summed E-state index contributed by atoms with van der Waals surface area (Å²) in [7, 11) is 0. The van der Waals surface area contributed by atoms with E-state index in [-0.39, 0.29) is 5.97 Å². The van der Waals surface area contributed by atoms with Crippen molar-refractivity contribution in [2.75, 3.05) is 19.6 Å². The zero-order chi connectivity index (χ0) is 9.40. The molecular formula is C7H17N3O2. The van der Waals surface area contributed by atoms with Crippen LogP contribution < -0.4 is 11.4 Å². The summed E-state index contributed by atoms with van der Waals surface area (Å²) in [5, 5.41) is 0. The van der Waals surface area contributed by atoms with Crippen molar-refractivity contribution in [3.05, 3.63) is 0 Å². The summed E-state index contributed by atoms with van der Waals surface area (Å²) in [6, 6.07) is 0. The standard InChI is InChI=1S/C7H17N3O2/c1-3-10(4-2)6-5-7(11)12-9-8/h9H,3-6,8H2,1-2H3. The molecule has 0 aliphatic heterocycles. The summed E-state index contributed by atoms with van der Waals surface area (Å²) in [5.41, 5.74) is 1.86. The van der Waals surface area contributed by atoms with Gasteiger partial charge in [-0.3, -0.25) is 4.79 Å². The zero-order valence-electron chi connectivity index (χ0n) is 7.67. The minimum absolute atomic E-state index is 0.329. The number of hydrazine groups is 1. The quantitative estimate of drug-likeness (QED) is 0.426. The SMILES string of the molecule is CCN(CC)CCC(=O)ONN. The molecule has 0 atom stereocenters. The molecule has 5 heteroatoms. The van der Waals surface area contributed by atoms with E-state index in [0.717, 1.165) is 13.1 Å². The Labute approximate surface area is 72.8 Å². The average molecular weight is 175 g/mol. The normalized spacial score (nSPS) is 10.3. The second-order valence-electron chi connectivity index (χ2n) is 2.37. The molecule has 0 bridgehead atoms. The first-order valence-electron chi connectivity index (χ1n) is 4.12. The molecule has 0 spiro atoms. The average Bonchev–Trinajstić information content (AvgIpc) is 2.07. The van der Waals surface area contributed by atoms with Gasteiger partial charge in [-0.05, 0) is 13.1 Å². The highest BCUT2D eigenvalue weighted by Crippen LogP contribution is 1.91. The lowest BCUT2D eigenvalue weighted by Gasteiger charge is -2.16. The Hall–Kier alpha value is -0.650. The van der Waals surface area contributed by atoms with E-state index in [4.69, 9.17) is 5.84 Å². The molecule has 0 saturated carbocycles. The van der Waals surface area contributed by atoms with Gasteiger partial charge in [0.2, 0.25) is 0 Å². The molecule has 72 valence electrons. The summed E-state index contributed by atoms with van der Waals surface area (Å²) in [6.07, 6.45) is 0.367. The first-order chi connectivity index (χ1) is 5.74. The van der Waals surface area contributed by atoms with Gasteiger partial charge in [0.15, 0.2) is 0 Å². The first kappa shape index (κ1) is 11.4. The smallest absolute Gasteiger partial charge is 0.327 e. The van der Waals surface area contributed by atoms with Crippen molar-refractivity contribution >= 4 is 5.97 Å². The highest BCUT2D eigenvalue weighted by atomic mass is 16.7. The van der Waals surface area contributed by atoms with Crippen molar-refractivity contribution in [3.8, 4) is 0 Å². The number of nitrogens with zero attached hydrogens (tertiary/aromatic N) is 1. The van der Waals surface area contributed by atoms with Gasteiger partial charge in [0.1, 0.15) is 0 Å². The van der Waals surface area contributed by atoms with Crippen LogP contribution in [0.3, 0.4) is 0 Å². The largest absolute Gasteiger partial charge is 0.356 e. The summed E-state index contributed by atoms with van der Waals surface area (Å²) >= 11 is 0. The third-order valence-electron chi connectivity index (χ3n) is 1.70. The molecule has 0 saturated heterocycles. The van der Waals surface area contributed by atoms with Crippen LogP contribution in [0, 0.1) is 0 Å². The van der Waals surface area contributed by atoms with Crippen LogP contribution >= 0.6 is 0 Å². The lowest BCUT2D eigenvalue weighted by molar-refractivity contribution is -0.151. The van der Waals surface area contributed by atoms with Crippen LogP contribution in [-0.2, 0) is 9.63 Å². The predicted molar refractivity (Wildman–Crippen MR) is 45.8 cm³/mol. The van der Waals surface area contributed by atoms with E-state index in [0.29, 0.717) is 13.0 Å². The molecule has 0 aliphatic rings. The highest BCUT2D eigenvalue weighted by molar-refractivity contribution is 5.69. The number of rotatable bonds is 6. The topological polar surface area (TPSA) is 67.6 Å². The molecule has 0 unspecified atom stereocenters. The van der Waals surface area contributed by atoms with Crippen molar-refractivity contribution in [2.45, 2.75) is 20.3 Å². The van der Waals surface area contributed by atoms with Crippen LogP contribution in [0.2, 0.25) is 0 Å². The number of hydrogen-bond donors (Lipinski definition) is 2. The molecule has 0 aromatic carbocycles. The van der Waals surface area contributed by atoms with Crippen molar-refractivity contribution < 1.29 is 9.63 Å². The minimum atomic E-state index is -0.329. The molecule has 0 radical (unpaired) electrons. The molecule has 5 nitrogen and oxygen atoms in total. The second-order valence-corrected chi connectivity index (χ2v) is 2.37. The van der Waals surface area contributed by atoms with E-state index >= 15 is 0 Å². The van der Waals surface area contributed by atoms with E-state index in [1.807, 2.05) is 5.59 Å². The maximum absolute atomic E-state index is 10.8. The Balaban J connectivity index is 3.44. The van der Waals surface area contributed by atoms with Gasteiger partial charge in [0.25, 0.3) is 0 Å². The van der Waals surface area contributed by atoms with E-state index in [9.17, 15) is 4.79 Å². The molecule has 0 aromatic heterocycles. The highest BCUT2D eigenvalue weighted by Gasteiger charge is 2.05. The molecule has 0 fully saturated rings. The van der Waals surface area contributed by atoms with Crippen LogP contribution in [0.25, 0.3) is 0 Å². The summed E-state index contributed by atoms with van der Waals surface area (Å²) in [6.45, 7) is 6.71. The Morgan fingerprint density at radius 3 is 2.50 bits per heavy atom. The fraction of sp³-hybridized carbons (Fsp3) is 0.857. The molecule has 0 aromatic rings. The maximum atomic E-state index is 10.8. The van der Waals surface area contributed by atoms with E-state index in [2.05, 4.69) is 23.6 Å². The van der Waals surface area contributed by atoms with Crippen LogP contribution in [-0.4, -0.2) is 30.5 Å². The number of nitrogens with two attached hydrogens (primary N) is 1. The number of nitrogens with one attached hydrogen (secondary N) is 1. The van der Waals surface area contributed by atoms with Gasteiger partial charge < -0.3 is 9.74 Å². The fourth-order valence-corrected chi connectivity index (χ4v) is 0.906. The van der Waals surface area contributed by atoms with Crippen LogP contribution in [0.5, 0.6) is 0 Å². The monoisotopic (exact) mass is 175 g/mol. The Morgan fingerprint density at radius 1 is 1.50 bits per heavy atom. The van der Waals surface area contributed by atoms with E-state index in [1.54, 1.807) is 0 Å². The summed E-state index contributed by atoms with van der Waals surface area (Å²) < 4.78 is 0. The fourth-order valence-electron chi connectivity index (χ4n) is 0.906. The van der Waals surface area contributed by atoms with Gasteiger partial charge in [-0.25, -0.2) is 5.84 Å². The molecule has 0 amide bonds. The van der Waals surface area contributed by atoms with Crippen molar-refractivity contribution in [2.24, 2.45) is 5.84 Å². The van der Waals surface area contributed by atoms with Gasteiger partial charge in [-0.2, -0.15) is 0 Å². The van der Waals surface area contributed by atoms with Crippen molar-refractivity contribution in [1.82, 2.24) is 10.5 Å². The van der Waals surface area contributed by atoms with Crippen LogP contribution in [0.4, 0.5) is 0 Å². The van der Waals surface area contributed by atoms with Gasteiger partial charge in [0, 0.05) is 6.54 Å². The van der Waals surface area contributed by atoms with E-state index < -0.39 is 0 Å². The number of carbonyl (C=O) groups excluding carboxylic acids is 1. The van der Waals surface area contributed by atoms with Gasteiger partial charge in [-0.1, -0.05) is 19.4 Å².